The number of anilines is 1. The summed E-state index contributed by atoms with van der Waals surface area (Å²) in [6.07, 6.45) is 5.03. The van der Waals surface area contributed by atoms with Crippen LogP contribution in [0, 0.1) is 5.92 Å². The number of aromatic nitrogens is 2. The van der Waals surface area contributed by atoms with Gasteiger partial charge < -0.3 is 10.6 Å². The molecule has 0 saturated heterocycles. The van der Waals surface area contributed by atoms with Crippen molar-refractivity contribution >= 4 is 22.5 Å². The van der Waals surface area contributed by atoms with Crippen LogP contribution in [0.3, 0.4) is 0 Å². The number of H-pyrrole nitrogens is 1. The number of carbonyl (C=O) groups excluding carboxylic acids is 1. The summed E-state index contributed by atoms with van der Waals surface area (Å²) in [5.41, 5.74) is 7.75. The van der Waals surface area contributed by atoms with E-state index in [1.807, 2.05) is 13.1 Å². The third-order valence-electron chi connectivity index (χ3n) is 4.14. The molecule has 0 aliphatic heterocycles. The molecule has 5 heteroatoms. The first-order chi connectivity index (χ1) is 9.65. The lowest BCUT2D eigenvalue weighted by Crippen LogP contribution is -2.31. The van der Waals surface area contributed by atoms with E-state index in [2.05, 4.69) is 10.2 Å². The Balaban J connectivity index is 1.82. The molecule has 0 bridgehead atoms. The Kier molecular flexibility index (Phi) is 3.34. The summed E-state index contributed by atoms with van der Waals surface area (Å²) in [6, 6.07) is 5.46. The molecule has 1 saturated carbocycles. The number of amides is 1. The minimum absolute atomic E-state index is 0.0336. The van der Waals surface area contributed by atoms with Crippen LogP contribution in [-0.4, -0.2) is 34.6 Å². The highest BCUT2D eigenvalue weighted by atomic mass is 16.2. The number of benzene rings is 1. The molecule has 20 heavy (non-hydrogen) atoms. The van der Waals surface area contributed by atoms with E-state index in [1.165, 1.54) is 25.7 Å². The number of nitrogens with one attached hydrogen (secondary N) is 1. The van der Waals surface area contributed by atoms with Crippen LogP contribution in [0.4, 0.5) is 5.69 Å². The molecule has 0 unspecified atom stereocenters. The van der Waals surface area contributed by atoms with Crippen molar-refractivity contribution in [3.8, 4) is 0 Å². The van der Waals surface area contributed by atoms with Crippen LogP contribution in [0.1, 0.15) is 36.2 Å². The smallest absolute Gasteiger partial charge is 0.274 e. The first-order valence-electron chi connectivity index (χ1n) is 7.14. The summed E-state index contributed by atoms with van der Waals surface area (Å²) in [5.74, 6) is 0.605. The van der Waals surface area contributed by atoms with E-state index < -0.39 is 0 Å². The van der Waals surface area contributed by atoms with Gasteiger partial charge in [-0.25, -0.2) is 0 Å². The van der Waals surface area contributed by atoms with E-state index in [9.17, 15) is 4.79 Å². The van der Waals surface area contributed by atoms with Gasteiger partial charge in [0.2, 0.25) is 0 Å². The van der Waals surface area contributed by atoms with E-state index >= 15 is 0 Å². The third-order valence-corrected chi connectivity index (χ3v) is 4.14. The van der Waals surface area contributed by atoms with Gasteiger partial charge in [0, 0.05) is 24.7 Å². The molecule has 0 atom stereocenters. The lowest BCUT2D eigenvalue weighted by Gasteiger charge is -2.20. The van der Waals surface area contributed by atoms with E-state index in [-0.39, 0.29) is 5.91 Å². The Hall–Kier alpha value is -2.04. The number of hydrogen-bond acceptors (Lipinski definition) is 3. The lowest BCUT2D eigenvalue weighted by molar-refractivity contribution is 0.0769. The summed E-state index contributed by atoms with van der Waals surface area (Å²) >= 11 is 0. The molecule has 1 aliphatic rings. The Labute approximate surface area is 118 Å². The van der Waals surface area contributed by atoms with Gasteiger partial charge in [-0.15, -0.1) is 0 Å². The number of fused-ring (bicyclic) bond motifs is 1. The molecule has 1 amide bonds. The minimum Gasteiger partial charge on any atom is -0.399 e. The number of rotatable bonds is 3. The molecule has 1 fully saturated rings. The van der Waals surface area contributed by atoms with Crippen molar-refractivity contribution in [3.05, 3.63) is 23.9 Å². The maximum absolute atomic E-state index is 12.5. The van der Waals surface area contributed by atoms with Crippen LogP contribution in [0.5, 0.6) is 0 Å². The van der Waals surface area contributed by atoms with Gasteiger partial charge in [0.15, 0.2) is 5.69 Å². The van der Waals surface area contributed by atoms with Gasteiger partial charge in [0.1, 0.15) is 0 Å². The fourth-order valence-electron chi connectivity index (χ4n) is 3.04. The second-order valence-electron chi connectivity index (χ2n) is 5.71. The predicted molar refractivity (Wildman–Crippen MR) is 79.4 cm³/mol. The molecule has 1 heterocycles. The largest absolute Gasteiger partial charge is 0.399 e. The van der Waals surface area contributed by atoms with Crippen molar-refractivity contribution in [1.29, 1.82) is 0 Å². The number of hydrogen-bond donors (Lipinski definition) is 2. The minimum atomic E-state index is -0.0336. The Morgan fingerprint density at radius 1 is 1.45 bits per heavy atom. The maximum Gasteiger partial charge on any atom is 0.274 e. The van der Waals surface area contributed by atoms with Crippen LogP contribution in [0.15, 0.2) is 18.2 Å². The zero-order valence-electron chi connectivity index (χ0n) is 11.7. The van der Waals surface area contributed by atoms with Crippen LogP contribution >= 0.6 is 0 Å². The highest BCUT2D eigenvalue weighted by Gasteiger charge is 2.23. The second-order valence-corrected chi connectivity index (χ2v) is 5.71. The van der Waals surface area contributed by atoms with Crippen molar-refractivity contribution in [2.45, 2.75) is 25.7 Å². The SMILES string of the molecule is CN(CC1CCCC1)C(=O)c1n[nH]c2ccc(N)cc12. The highest BCUT2D eigenvalue weighted by Crippen LogP contribution is 2.26. The number of nitrogens with zero attached hydrogens (tertiary/aromatic N) is 2. The fourth-order valence-corrected chi connectivity index (χ4v) is 3.04. The zero-order chi connectivity index (χ0) is 14.1. The van der Waals surface area contributed by atoms with Gasteiger partial charge in [-0.1, -0.05) is 12.8 Å². The topological polar surface area (TPSA) is 75.0 Å². The van der Waals surface area contributed by atoms with Gasteiger partial charge in [0.25, 0.3) is 5.91 Å². The zero-order valence-corrected chi connectivity index (χ0v) is 11.7. The summed E-state index contributed by atoms with van der Waals surface area (Å²) in [7, 11) is 1.85. The molecule has 1 aromatic heterocycles. The quantitative estimate of drug-likeness (QED) is 0.842. The number of nitrogens with two attached hydrogens (primary N) is 1. The molecule has 0 spiro atoms. The van der Waals surface area contributed by atoms with Crippen molar-refractivity contribution in [2.75, 3.05) is 19.3 Å². The van der Waals surface area contributed by atoms with Crippen molar-refractivity contribution in [3.63, 3.8) is 0 Å². The maximum atomic E-state index is 12.5. The highest BCUT2D eigenvalue weighted by molar-refractivity contribution is 6.05. The van der Waals surface area contributed by atoms with Gasteiger partial charge in [-0.3, -0.25) is 9.89 Å². The molecule has 3 N–H and O–H groups in total. The normalized spacial score (nSPS) is 15.8. The average Bonchev–Trinajstić information content (AvgIpc) is 3.06. The molecule has 1 aromatic carbocycles. The van der Waals surface area contributed by atoms with Crippen LogP contribution in [-0.2, 0) is 0 Å². The van der Waals surface area contributed by atoms with Crippen molar-refractivity contribution in [1.82, 2.24) is 15.1 Å². The van der Waals surface area contributed by atoms with E-state index in [0.717, 1.165) is 17.4 Å². The van der Waals surface area contributed by atoms with E-state index in [0.29, 0.717) is 17.3 Å². The molecule has 5 nitrogen and oxygen atoms in total. The first kappa shape index (κ1) is 13.0. The second kappa shape index (κ2) is 5.15. The monoisotopic (exact) mass is 272 g/mol. The lowest BCUT2D eigenvalue weighted by atomic mass is 10.1. The van der Waals surface area contributed by atoms with Gasteiger partial charge in [-0.05, 0) is 37.0 Å². The molecule has 3 rings (SSSR count). The molecule has 1 aliphatic carbocycles. The number of nitrogen functional groups attached to an aromatic ring is 1. The molecular formula is C15H20N4O. The Bertz CT molecular complexity index is 628. The molecular weight excluding hydrogens is 252 g/mol. The number of aromatic amines is 1. The molecule has 0 radical (unpaired) electrons. The van der Waals surface area contributed by atoms with Crippen molar-refractivity contribution < 1.29 is 4.79 Å². The van der Waals surface area contributed by atoms with Crippen LogP contribution in [0.2, 0.25) is 0 Å². The van der Waals surface area contributed by atoms with Crippen molar-refractivity contribution in [2.24, 2.45) is 5.92 Å². The average molecular weight is 272 g/mol. The van der Waals surface area contributed by atoms with E-state index in [1.54, 1.807) is 17.0 Å². The summed E-state index contributed by atoms with van der Waals surface area (Å²) in [4.78, 5) is 14.3. The summed E-state index contributed by atoms with van der Waals surface area (Å²) in [5, 5.41) is 7.85. The van der Waals surface area contributed by atoms with Crippen LogP contribution < -0.4 is 5.73 Å². The summed E-state index contributed by atoms with van der Waals surface area (Å²) in [6.45, 7) is 0.815. The standard InChI is InChI=1S/C15H20N4O/c1-19(9-10-4-2-3-5-10)15(20)14-12-8-11(16)6-7-13(12)17-18-14/h6-8,10H,2-5,9,16H2,1H3,(H,17,18). The predicted octanol–water partition coefficient (Wildman–Crippen LogP) is 2.41. The fraction of sp³-hybridized carbons (Fsp3) is 0.467. The molecule has 2 aromatic rings. The van der Waals surface area contributed by atoms with Gasteiger partial charge in [0.05, 0.1) is 5.52 Å². The Morgan fingerprint density at radius 3 is 2.95 bits per heavy atom. The van der Waals surface area contributed by atoms with Crippen LogP contribution in [0.25, 0.3) is 10.9 Å². The Morgan fingerprint density at radius 2 is 2.20 bits per heavy atom. The third kappa shape index (κ3) is 2.35. The summed E-state index contributed by atoms with van der Waals surface area (Å²) < 4.78 is 0. The van der Waals surface area contributed by atoms with Gasteiger partial charge >= 0.3 is 0 Å². The first-order valence-corrected chi connectivity index (χ1v) is 7.14. The number of carbonyl (C=O) groups is 1. The van der Waals surface area contributed by atoms with Gasteiger partial charge in [-0.2, -0.15) is 5.10 Å². The molecule has 106 valence electrons. The van der Waals surface area contributed by atoms with E-state index in [4.69, 9.17) is 5.73 Å².